The summed E-state index contributed by atoms with van der Waals surface area (Å²) >= 11 is 0. The fourth-order valence-electron chi connectivity index (χ4n) is 3.22. The van der Waals surface area contributed by atoms with Crippen LogP contribution in [0.15, 0.2) is 97.6 Å². The first-order valence-corrected chi connectivity index (χ1v) is 10.9. The maximum atomic E-state index is 9.49. The number of hydrogen-bond acceptors (Lipinski definition) is 5. The summed E-state index contributed by atoms with van der Waals surface area (Å²) < 4.78 is 5.92. The lowest BCUT2D eigenvalue weighted by Gasteiger charge is -2.17. The SMILES string of the molecule is CCCCCC(Oc1cccc(O)c1)c1ncncn1.c1ccc(-c2ccccc2)cc1. The molecule has 0 amide bonds. The number of phenols is 1. The largest absolute Gasteiger partial charge is 0.508 e. The monoisotopic (exact) mass is 427 g/mol. The van der Waals surface area contributed by atoms with Gasteiger partial charge in [0.2, 0.25) is 0 Å². The van der Waals surface area contributed by atoms with Crippen molar-refractivity contribution in [2.45, 2.75) is 38.7 Å². The van der Waals surface area contributed by atoms with E-state index in [2.05, 4.69) is 70.4 Å². The van der Waals surface area contributed by atoms with E-state index in [0.29, 0.717) is 11.6 Å². The predicted molar refractivity (Wildman–Crippen MR) is 127 cm³/mol. The van der Waals surface area contributed by atoms with Gasteiger partial charge in [0.25, 0.3) is 0 Å². The quantitative estimate of drug-likeness (QED) is 0.320. The third-order valence-corrected chi connectivity index (χ3v) is 4.85. The highest BCUT2D eigenvalue weighted by molar-refractivity contribution is 5.62. The Morgan fingerprint density at radius 2 is 1.41 bits per heavy atom. The van der Waals surface area contributed by atoms with Gasteiger partial charge < -0.3 is 9.84 Å². The minimum absolute atomic E-state index is 0.186. The molecule has 1 unspecified atom stereocenters. The minimum atomic E-state index is -0.216. The molecule has 0 aliphatic rings. The molecule has 1 atom stereocenters. The molecular formula is C27H29N3O2. The summed E-state index contributed by atoms with van der Waals surface area (Å²) in [5, 5.41) is 9.49. The molecule has 32 heavy (non-hydrogen) atoms. The first kappa shape index (κ1) is 22.9. The van der Waals surface area contributed by atoms with E-state index in [-0.39, 0.29) is 11.9 Å². The Kier molecular flexibility index (Phi) is 9.21. The highest BCUT2D eigenvalue weighted by Crippen LogP contribution is 2.26. The zero-order valence-electron chi connectivity index (χ0n) is 18.3. The summed E-state index contributed by atoms with van der Waals surface area (Å²) in [6.45, 7) is 2.16. The Labute approximate surface area is 189 Å². The molecule has 164 valence electrons. The second kappa shape index (κ2) is 12.8. The molecule has 4 rings (SSSR count). The standard InChI is InChI=1S/C15H19N3O2.C12H10/c1-2-3-4-8-14(15-17-10-16-11-18-15)20-13-7-5-6-12(19)9-13;1-3-7-11(8-4-1)12-9-5-2-6-10-12/h5-7,9-11,14,19H,2-4,8H2,1H3;1-10H. The fraction of sp³-hybridized carbons (Fsp3) is 0.222. The molecule has 0 aliphatic heterocycles. The maximum Gasteiger partial charge on any atom is 0.172 e. The summed E-state index contributed by atoms with van der Waals surface area (Å²) in [6.07, 6.45) is 6.91. The molecule has 1 aromatic heterocycles. The Hall–Kier alpha value is -3.73. The maximum absolute atomic E-state index is 9.49. The molecule has 0 aliphatic carbocycles. The lowest BCUT2D eigenvalue weighted by Crippen LogP contribution is -2.11. The summed E-state index contributed by atoms with van der Waals surface area (Å²) in [7, 11) is 0. The van der Waals surface area contributed by atoms with Crippen molar-refractivity contribution in [2.75, 3.05) is 0 Å². The van der Waals surface area contributed by atoms with Gasteiger partial charge in [-0.25, -0.2) is 15.0 Å². The predicted octanol–water partition coefficient (Wildman–Crippen LogP) is 6.63. The molecule has 4 aromatic rings. The molecule has 1 heterocycles. The van der Waals surface area contributed by atoms with E-state index in [9.17, 15) is 5.11 Å². The molecule has 0 saturated heterocycles. The van der Waals surface area contributed by atoms with Gasteiger partial charge in [-0.3, -0.25) is 0 Å². The van der Waals surface area contributed by atoms with Crippen molar-refractivity contribution in [1.29, 1.82) is 0 Å². The Morgan fingerprint density at radius 3 is 1.97 bits per heavy atom. The zero-order chi connectivity index (χ0) is 22.4. The van der Waals surface area contributed by atoms with Gasteiger partial charge in [-0.1, -0.05) is 86.5 Å². The van der Waals surface area contributed by atoms with Crippen LogP contribution < -0.4 is 4.74 Å². The highest BCUT2D eigenvalue weighted by Gasteiger charge is 2.16. The average Bonchev–Trinajstić information content (AvgIpc) is 2.86. The van der Waals surface area contributed by atoms with Gasteiger partial charge in [-0.05, 0) is 36.1 Å². The van der Waals surface area contributed by atoms with Crippen LogP contribution in [0.1, 0.15) is 44.5 Å². The molecule has 0 saturated carbocycles. The van der Waals surface area contributed by atoms with Crippen molar-refractivity contribution in [2.24, 2.45) is 0 Å². The number of ether oxygens (including phenoxy) is 1. The molecule has 5 heteroatoms. The fourth-order valence-corrected chi connectivity index (χ4v) is 3.22. The highest BCUT2D eigenvalue weighted by atomic mass is 16.5. The Morgan fingerprint density at radius 1 is 0.781 bits per heavy atom. The van der Waals surface area contributed by atoms with Crippen LogP contribution >= 0.6 is 0 Å². The lowest BCUT2D eigenvalue weighted by molar-refractivity contribution is 0.180. The van der Waals surface area contributed by atoms with Crippen LogP contribution in [0.2, 0.25) is 0 Å². The number of aromatic nitrogens is 3. The van der Waals surface area contributed by atoms with Crippen molar-refractivity contribution >= 4 is 0 Å². The van der Waals surface area contributed by atoms with Crippen LogP contribution in [-0.4, -0.2) is 20.1 Å². The van der Waals surface area contributed by atoms with Gasteiger partial charge in [0.05, 0.1) is 0 Å². The van der Waals surface area contributed by atoms with E-state index in [1.807, 2.05) is 18.2 Å². The van der Waals surface area contributed by atoms with Crippen molar-refractivity contribution in [3.8, 4) is 22.6 Å². The van der Waals surface area contributed by atoms with E-state index in [1.165, 1.54) is 23.8 Å². The van der Waals surface area contributed by atoms with Gasteiger partial charge >= 0.3 is 0 Å². The van der Waals surface area contributed by atoms with Crippen molar-refractivity contribution in [3.63, 3.8) is 0 Å². The van der Waals surface area contributed by atoms with E-state index >= 15 is 0 Å². The molecule has 0 spiro atoms. The van der Waals surface area contributed by atoms with Gasteiger partial charge in [-0.15, -0.1) is 0 Å². The van der Waals surface area contributed by atoms with Gasteiger partial charge in [0, 0.05) is 6.07 Å². The average molecular weight is 428 g/mol. The summed E-state index contributed by atoms with van der Waals surface area (Å²) in [5.74, 6) is 1.43. The van der Waals surface area contributed by atoms with E-state index in [0.717, 1.165) is 25.7 Å². The number of benzene rings is 3. The van der Waals surface area contributed by atoms with Crippen LogP contribution in [-0.2, 0) is 0 Å². The second-order valence-electron chi connectivity index (χ2n) is 7.33. The van der Waals surface area contributed by atoms with Crippen LogP contribution in [0.5, 0.6) is 11.5 Å². The molecule has 3 aromatic carbocycles. The third kappa shape index (κ3) is 7.51. The van der Waals surface area contributed by atoms with Gasteiger partial charge in [0.1, 0.15) is 24.2 Å². The van der Waals surface area contributed by atoms with Crippen molar-refractivity contribution in [3.05, 3.63) is 103 Å². The van der Waals surface area contributed by atoms with Crippen LogP contribution in [0, 0.1) is 0 Å². The van der Waals surface area contributed by atoms with Crippen LogP contribution in [0.25, 0.3) is 11.1 Å². The van der Waals surface area contributed by atoms with E-state index in [4.69, 9.17) is 4.74 Å². The number of unbranched alkanes of at least 4 members (excludes halogenated alkanes) is 2. The molecule has 0 fully saturated rings. The number of rotatable bonds is 8. The minimum Gasteiger partial charge on any atom is -0.508 e. The summed E-state index contributed by atoms with van der Waals surface area (Å²) in [6, 6.07) is 27.5. The second-order valence-corrected chi connectivity index (χ2v) is 7.33. The molecule has 0 bridgehead atoms. The van der Waals surface area contributed by atoms with Gasteiger partial charge in [-0.2, -0.15) is 0 Å². The Balaban J connectivity index is 0.000000204. The molecule has 5 nitrogen and oxygen atoms in total. The molecule has 0 radical (unpaired) electrons. The third-order valence-electron chi connectivity index (χ3n) is 4.85. The first-order chi connectivity index (χ1) is 15.8. The van der Waals surface area contributed by atoms with E-state index in [1.54, 1.807) is 18.2 Å². The van der Waals surface area contributed by atoms with E-state index < -0.39 is 0 Å². The normalized spacial score (nSPS) is 11.2. The topological polar surface area (TPSA) is 68.1 Å². The van der Waals surface area contributed by atoms with Gasteiger partial charge in [0.15, 0.2) is 11.9 Å². The molecule has 1 N–H and O–H groups in total. The van der Waals surface area contributed by atoms with Crippen molar-refractivity contribution in [1.82, 2.24) is 15.0 Å². The lowest BCUT2D eigenvalue weighted by atomic mass is 10.1. The smallest absolute Gasteiger partial charge is 0.172 e. The number of aromatic hydroxyl groups is 1. The number of phenolic OH excluding ortho intramolecular Hbond substituents is 1. The number of nitrogens with zero attached hydrogens (tertiary/aromatic N) is 3. The number of hydrogen-bond donors (Lipinski definition) is 1. The van der Waals surface area contributed by atoms with Crippen LogP contribution in [0.4, 0.5) is 0 Å². The summed E-state index contributed by atoms with van der Waals surface area (Å²) in [4.78, 5) is 12.2. The molecular weight excluding hydrogens is 398 g/mol. The van der Waals surface area contributed by atoms with Crippen molar-refractivity contribution < 1.29 is 9.84 Å². The summed E-state index contributed by atoms with van der Waals surface area (Å²) in [5.41, 5.74) is 2.55. The Bertz CT molecular complexity index is 991. The van der Waals surface area contributed by atoms with Crippen LogP contribution in [0.3, 0.4) is 0 Å². The zero-order valence-corrected chi connectivity index (χ0v) is 18.3. The first-order valence-electron chi connectivity index (χ1n) is 10.9.